The molecule has 0 saturated carbocycles. The summed E-state index contributed by atoms with van der Waals surface area (Å²) in [6.45, 7) is 2.73. The van der Waals surface area contributed by atoms with Gasteiger partial charge < -0.3 is 9.47 Å². The number of aryl methyl sites for hydroxylation is 1. The van der Waals surface area contributed by atoms with Crippen molar-refractivity contribution >= 4 is 17.7 Å². The zero-order valence-electron chi connectivity index (χ0n) is 13.0. The predicted octanol–water partition coefficient (Wildman–Crippen LogP) is 2.66. The van der Waals surface area contributed by atoms with Crippen LogP contribution in [-0.2, 0) is 36.5 Å². The maximum atomic E-state index is 12.5. The number of ketones is 1. The van der Waals surface area contributed by atoms with E-state index in [0.717, 1.165) is 12.1 Å². The number of ether oxygens (including phenoxy) is 2. The second-order valence-corrected chi connectivity index (χ2v) is 5.84. The molecule has 8 heteroatoms. The minimum atomic E-state index is -4.43. The van der Waals surface area contributed by atoms with Gasteiger partial charge in [0.05, 0.1) is 5.56 Å². The Balaban J connectivity index is 1.98. The molecule has 1 aromatic rings. The summed E-state index contributed by atoms with van der Waals surface area (Å²) in [5.74, 6) is -5.71. The lowest BCUT2D eigenvalue weighted by Gasteiger charge is -2.32. The molecule has 0 aliphatic carbocycles. The van der Waals surface area contributed by atoms with Crippen LogP contribution in [0.3, 0.4) is 0 Å². The quantitative estimate of drug-likeness (QED) is 0.620. The number of hydrogen-bond donors (Lipinski definition) is 0. The standard InChI is InChI=1S/C16H15F3O5/c1-15(2)23-13(21)12(14(22)24-15)11(20)8-5-9-3-6-10(7-4-9)16(17,18)19/h3-4,6-7,12H,5,8H2,1-2H3. The molecule has 0 atom stereocenters. The molecule has 1 heterocycles. The topological polar surface area (TPSA) is 69.7 Å². The highest BCUT2D eigenvalue weighted by molar-refractivity contribution is 6.15. The van der Waals surface area contributed by atoms with Gasteiger partial charge in [-0.3, -0.25) is 14.4 Å². The maximum absolute atomic E-state index is 12.5. The normalized spacial score (nSPS) is 18.0. The van der Waals surface area contributed by atoms with Crippen LogP contribution in [0.4, 0.5) is 13.2 Å². The summed E-state index contributed by atoms with van der Waals surface area (Å²) in [4.78, 5) is 35.6. The van der Waals surface area contributed by atoms with Crippen LogP contribution in [0.5, 0.6) is 0 Å². The Hall–Kier alpha value is -2.38. The third kappa shape index (κ3) is 4.12. The van der Waals surface area contributed by atoms with Crippen molar-refractivity contribution in [1.82, 2.24) is 0 Å². The van der Waals surface area contributed by atoms with E-state index >= 15 is 0 Å². The van der Waals surface area contributed by atoms with Crippen molar-refractivity contribution in [3.63, 3.8) is 0 Å². The molecule has 130 valence electrons. The van der Waals surface area contributed by atoms with Gasteiger partial charge in [-0.15, -0.1) is 0 Å². The summed E-state index contributed by atoms with van der Waals surface area (Å²) >= 11 is 0. The lowest BCUT2D eigenvalue weighted by molar-refractivity contribution is -0.238. The van der Waals surface area contributed by atoms with Crippen molar-refractivity contribution in [3.05, 3.63) is 35.4 Å². The lowest BCUT2D eigenvalue weighted by atomic mass is 9.96. The Morgan fingerprint density at radius 1 is 1.08 bits per heavy atom. The smallest absolute Gasteiger partial charge is 0.416 e. The van der Waals surface area contributed by atoms with Crippen LogP contribution in [0, 0.1) is 5.92 Å². The third-order valence-electron chi connectivity index (χ3n) is 3.43. The van der Waals surface area contributed by atoms with Crippen molar-refractivity contribution in [3.8, 4) is 0 Å². The molecule has 0 N–H and O–H groups in total. The molecular formula is C16H15F3O5. The molecule has 0 bridgehead atoms. The number of Topliss-reactive ketones (excluding diaryl/α,β-unsaturated/α-hetero) is 1. The summed E-state index contributed by atoms with van der Waals surface area (Å²) < 4.78 is 47.1. The van der Waals surface area contributed by atoms with E-state index in [0.29, 0.717) is 5.56 Å². The van der Waals surface area contributed by atoms with Crippen LogP contribution < -0.4 is 0 Å². The Kier molecular flexibility index (Phi) is 4.68. The lowest BCUT2D eigenvalue weighted by Crippen LogP contribution is -2.49. The molecule has 5 nitrogen and oxygen atoms in total. The van der Waals surface area contributed by atoms with Gasteiger partial charge in [0, 0.05) is 20.3 Å². The first-order valence-electron chi connectivity index (χ1n) is 7.14. The molecule has 1 fully saturated rings. The number of alkyl halides is 3. The molecule has 1 aliphatic rings. The molecule has 1 saturated heterocycles. The van der Waals surface area contributed by atoms with Crippen molar-refractivity contribution in [2.45, 2.75) is 38.7 Å². The van der Waals surface area contributed by atoms with Gasteiger partial charge in [-0.05, 0) is 24.1 Å². The molecule has 0 radical (unpaired) electrons. The van der Waals surface area contributed by atoms with Crippen LogP contribution in [-0.4, -0.2) is 23.5 Å². The molecule has 1 aromatic carbocycles. The second-order valence-electron chi connectivity index (χ2n) is 5.84. The maximum Gasteiger partial charge on any atom is 0.416 e. The molecule has 0 unspecified atom stereocenters. The fourth-order valence-corrected chi connectivity index (χ4v) is 2.25. The number of rotatable bonds is 4. The van der Waals surface area contributed by atoms with E-state index in [4.69, 9.17) is 9.47 Å². The van der Waals surface area contributed by atoms with Crippen LogP contribution in [0.1, 0.15) is 31.4 Å². The molecule has 2 rings (SSSR count). The van der Waals surface area contributed by atoms with E-state index < -0.39 is 41.2 Å². The van der Waals surface area contributed by atoms with Gasteiger partial charge in [0.25, 0.3) is 5.79 Å². The highest BCUT2D eigenvalue weighted by atomic mass is 19.4. The molecule has 24 heavy (non-hydrogen) atoms. The van der Waals surface area contributed by atoms with Crippen molar-refractivity contribution < 1.29 is 37.0 Å². The van der Waals surface area contributed by atoms with Gasteiger partial charge in [-0.25, -0.2) is 0 Å². The Bertz CT molecular complexity index is 641. The van der Waals surface area contributed by atoms with Crippen LogP contribution in [0.25, 0.3) is 0 Å². The van der Waals surface area contributed by atoms with Gasteiger partial charge in [-0.2, -0.15) is 13.2 Å². The fourth-order valence-electron chi connectivity index (χ4n) is 2.25. The van der Waals surface area contributed by atoms with E-state index in [1.54, 1.807) is 0 Å². The van der Waals surface area contributed by atoms with E-state index in [9.17, 15) is 27.6 Å². The first kappa shape index (κ1) is 18.0. The second kappa shape index (κ2) is 6.26. The molecule has 1 aliphatic heterocycles. The van der Waals surface area contributed by atoms with Gasteiger partial charge in [0.1, 0.15) is 0 Å². The summed E-state index contributed by atoms with van der Waals surface area (Å²) in [5, 5.41) is 0. The predicted molar refractivity (Wildman–Crippen MR) is 74.5 cm³/mol. The van der Waals surface area contributed by atoms with Crippen molar-refractivity contribution in [2.75, 3.05) is 0 Å². The van der Waals surface area contributed by atoms with Gasteiger partial charge in [0.15, 0.2) is 5.78 Å². The zero-order valence-corrected chi connectivity index (χ0v) is 13.0. The largest absolute Gasteiger partial charge is 0.422 e. The SMILES string of the molecule is CC1(C)OC(=O)C(C(=O)CCc2ccc(C(F)(F)F)cc2)C(=O)O1. The van der Waals surface area contributed by atoms with Crippen LogP contribution in [0.15, 0.2) is 24.3 Å². The van der Waals surface area contributed by atoms with Gasteiger partial charge >= 0.3 is 18.1 Å². The van der Waals surface area contributed by atoms with E-state index in [1.165, 1.54) is 26.0 Å². The number of hydrogen-bond acceptors (Lipinski definition) is 5. The Morgan fingerprint density at radius 3 is 2.04 bits per heavy atom. The van der Waals surface area contributed by atoms with E-state index in [1.807, 2.05) is 0 Å². The number of esters is 2. The monoisotopic (exact) mass is 344 g/mol. The number of benzene rings is 1. The minimum Gasteiger partial charge on any atom is -0.422 e. The van der Waals surface area contributed by atoms with Gasteiger partial charge in [-0.1, -0.05) is 12.1 Å². The van der Waals surface area contributed by atoms with Crippen molar-refractivity contribution in [2.24, 2.45) is 5.92 Å². The first-order chi connectivity index (χ1) is 11.0. The van der Waals surface area contributed by atoms with Crippen LogP contribution in [0.2, 0.25) is 0 Å². The van der Waals surface area contributed by atoms with Gasteiger partial charge in [0.2, 0.25) is 5.92 Å². The first-order valence-corrected chi connectivity index (χ1v) is 7.14. The summed E-state index contributed by atoms with van der Waals surface area (Å²) in [7, 11) is 0. The third-order valence-corrected chi connectivity index (χ3v) is 3.43. The van der Waals surface area contributed by atoms with Crippen LogP contribution >= 0.6 is 0 Å². The average Bonchev–Trinajstić information content (AvgIpc) is 2.42. The number of carbonyl (C=O) groups is 3. The number of carbonyl (C=O) groups excluding carboxylic acids is 3. The number of halogens is 3. The molecular weight excluding hydrogens is 329 g/mol. The molecule has 0 amide bonds. The summed E-state index contributed by atoms with van der Waals surface area (Å²) in [6, 6.07) is 4.31. The summed E-state index contributed by atoms with van der Waals surface area (Å²) in [6.07, 6.45) is -4.53. The van der Waals surface area contributed by atoms with E-state index in [2.05, 4.69) is 0 Å². The number of cyclic esters (lactones) is 2. The van der Waals surface area contributed by atoms with E-state index in [-0.39, 0.29) is 12.8 Å². The Morgan fingerprint density at radius 2 is 1.58 bits per heavy atom. The average molecular weight is 344 g/mol. The summed E-state index contributed by atoms with van der Waals surface area (Å²) in [5.41, 5.74) is -0.312. The zero-order chi connectivity index (χ0) is 18.1. The highest BCUT2D eigenvalue weighted by Crippen LogP contribution is 2.29. The fraction of sp³-hybridized carbons (Fsp3) is 0.438. The molecule has 0 aromatic heterocycles. The van der Waals surface area contributed by atoms with Crippen molar-refractivity contribution in [1.29, 1.82) is 0 Å². The highest BCUT2D eigenvalue weighted by Gasteiger charge is 2.46. The molecule has 0 spiro atoms. The minimum absolute atomic E-state index is 0.0947. The Labute approximate surface area is 135 Å².